The smallest absolute Gasteiger partial charge is 0.295 e. The number of nitrogens with two attached hydrogens (primary N) is 1. The van der Waals surface area contributed by atoms with Gasteiger partial charge in [-0.05, 0) is 53.4 Å². The molecule has 2 N–H and O–H groups in total. The van der Waals surface area contributed by atoms with Gasteiger partial charge in [-0.25, -0.2) is 13.6 Å². The summed E-state index contributed by atoms with van der Waals surface area (Å²) in [5.74, 6) is -0.153. The van der Waals surface area contributed by atoms with E-state index < -0.39 is 21.8 Å². The van der Waals surface area contributed by atoms with Crippen molar-refractivity contribution in [3.05, 3.63) is 77.9 Å². The molecule has 150 valence electrons. The van der Waals surface area contributed by atoms with E-state index in [1.165, 1.54) is 37.3 Å². The Morgan fingerprint density at radius 3 is 1.83 bits per heavy atom. The lowest BCUT2D eigenvalue weighted by atomic mass is 9.92. The molecule has 0 saturated carbocycles. The highest BCUT2D eigenvalue weighted by atomic mass is 32.2. The Labute approximate surface area is 165 Å². The van der Waals surface area contributed by atoms with Crippen molar-refractivity contribution in [3.8, 4) is 22.3 Å². The zero-order chi connectivity index (χ0) is 21.4. The van der Waals surface area contributed by atoms with Crippen LogP contribution in [-0.4, -0.2) is 14.2 Å². The van der Waals surface area contributed by atoms with E-state index in [0.717, 1.165) is 12.1 Å². The molecule has 0 aliphatic rings. The number of rotatable bonds is 4. The molecule has 3 aromatic rings. The minimum atomic E-state index is -4.52. The number of hydrogen-bond donors (Lipinski definition) is 1. The second-order valence-corrected chi connectivity index (χ2v) is 8.02. The molecule has 0 bridgehead atoms. The van der Waals surface area contributed by atoms with Gasteiger partial charge in [0, 0.05) is 5.56 Å². The van der Waals surface area contributed by atoms with E-state index in [4.69, 9.17) is 5.14 Å². The van der Waals surface area contributed by atoms with Crippen molar-refractivity contribution in [2.75, 3.05) is 0 Å². The first kappa shape index (κ1) is 20.8. The van der Waals surface area contributed by atoms with Crippen LogP contribution in [0.4, 0.5) is 13.2 Å². The molecule has 0 unspecified atom stereocenters. The fourth-order valence-corrected chi connectivity index (χ4v) is 3.44. The molecule has 0 fully saturated rings. The first-order valence-corrected chi connectivity index (χ1v) is 9.97. The molecular formula is C21H16F3NO3S. The molecule has 4 nitrogen and oxygen atoms in total. The molecule has 8 heteroatoms. The molecule has 0 atom stereocenters. The van der Waals surface area contributed by atoms with Gasteiger partial charge in [0.1, 0.15) is 0 Å². The summed E-state index contributed by atoms with van der Waals surface area (Å²) in [5, 5.41) is 5.09. The molecule has 29 heavy (non-hydrogen) atoms. The summed E-state index contributed by atoms with van der Waals surface area (Å²) in [6.45, 7) is 1.40. The SMILES string of the molecule is CC(=O)c1ccc(-c2cc(C(F)(F)F)ccc2-c2ccc(S(N)(=O)=O)cc2)cc1. The van der Waals surface area contributed by atoms with E-state index in [9.17, 15) is 26.4 Å². The molecule has 0 spiro atoms. The Kier molecular flexibility index (Phi) is 5.34. The molecule has 0 aliphatic carbocycles. The summed E-state index contributed by atoms with van der Waals surface area (Å²) in [4.78, 5) is 11.4. The Hall–Kier alpha value is -2.97. The zero-order valence-corrected chi connectivity index (χ0v) is 16.0. The van der Waals surface area contributed by atoms with E-state index in [-0.39, 0.29) is 10.7 Å². The highest BCUT2D eigenvalue weighted by Gasteiger charge is 2.31. The van der Waals surface area contributed by atoms with Crippen LogP contribution in [0, 0.1) is 0 Å². The lowest BCUT2D eigenvalue weighted by Gasteiger charge is -2.15. The van der Waals surface area contributed by atoms with E-state index in [1.54, 1.807) is 24.3 Å². The monoisotopic (exact) mass is 419 g/mol. The largest absolute Gasteiger partial charge is 0.416 e. The average Bonchev–Trinajstić information content (AvgIpc) is 2.66. The molecular weight excluding hydrogens is 403 g/mol. The van der Waals surface area contributed by atoms with Crippen LogP contribution in [0.1, 0.15) is 22.8 Å². The summed E-state index contributed by atoms with van der Waals surface area (Å²) < 4.78 is 62.6. The number of carbonyl (C=O) groups excluding carboxylic acids is 1. The number of primary sulfonamides is 1. The number of benzene rings is 3. The van der Waals surface area contributed by atoms with Crippen LogP contribution in [0.2, 0.25) is 0 Å². The summed E-state index contributed by atoms with van der Waals surface area (Å²) in [5.41, 5.74) is 1.43. The van der Waals surface area contributed by atoms with Gasteiger partial charge in [-0.1, -0.05) is 42.5 Å². The van der Waals surface area contributed by atoms with Crippen LogP contribution in [0.15, 0.2) is 71.6 Å². The lowest BCUT2D eigenvalue weighted by Crippen LogP contribution is -2.11. The molecule has 0 aliphatic heterocycles. The van der Waals surface area contributed by atoms with Crippen molar-refractivity contribution in [2.24, 2.45) is 5.14 Å². The van der Waals surface area contributed by atoms with Crippen LogP contribution < -0.4 is 5.14 Å². The van der Waals surface area contributed by atoms with Crippen molar-refractivity contribution in [3.63, 3.8) is 0 Å². The standard InChI is InChI=1S/C21H16F3NO3S/c1-13(26)14-2-4-16(5-3-14)20-12-17(21(22,23)24)8-11-19(20)15-6-9-18(10-7-15)29(25,27)28/h2-12H,1H3,(H2,25,27,28). The van der Waals surface area contributed by atoms with Gasteiger partial charge in [-0.3, -0.25) is 4.79 Å². The molecule has 0 heterocycles. The van der Waals surface area contributed by atoms with Gasteiger partial charge in [0.2, 0.25) is 10.0 Å². The lowest BCUT2D eigenvalue weighted by molar-refractivity contribution is -0.137. The summed E-state index contributed by atoms with van der Waals surface area (Å²) >= 11 is 0. The Morgan fingerprint density at radius 2 is 1.34 bits per heavy atom. The summed E-state index contributed by atoms with van der Waals surface area (Å²) in [7, 11) is -3.88. The minimum Gasteiger partial charge on any atom is -0.295 e. The van der Waals surface area contributed by atoms with Crippen molar-refractivity contribution < 1.29 is 26.4 Å². The van der Waals surface area contributed by atoms with Crippen LogP contribution >= 0.6 is 0 Å². The molecule has 3 aromatic carbocycles. The quantitative estimate of drug-likeness (QED) is 0.612. The maximum atomic E-state index is 13.2. The van der Waals surface area contributed by atoms with Gasteiger partial charge in [-0.2, -0.15) is 13.2 Å². The van der Waals surface area contributed by atoms with Crippen LogP contribution in [-0.2, 0) is 16.2 Å². The molecule has 0 aromatic heterocycles. The van der Waals surface area contributed by atoms with Crippen LogP contribution in [0.5, 0.6) is 0 Å². The Balaban J connectivity index is 2.17. The predicted octanol–water partition coefficient (Wildman–Crippen LogP) is 4.89. The number of alkyl halides is 3. The van der Waals surface area contributed by atoms with Gasteiger partial charge >= 0.3 is 6.18 Å². The second-order valence-electron chi connectivity index (χ2n) is 6.46. The second kappa shape index (κ2) is 7.46. The van der Waals surface area contributed by atoms with Gasteiger partial charge < -0.3 is 0 Å². The maximum absolute atomic E-state index is 13.2. The highest BCUT2D eigenvalue weighted by molar-refractivity contribution is 7.89. The zero-order valence-electron chi connectivity index (χ0n) is 15.2. The summed E-state index contributed by atoms with van der Waals surface area (Å²) in [6.07, 6.45) is -4.52. The first-order chi connectivity index (χ1) is 13.5. The third-order valence-corrected chi connectivity index (χ3v) is 5.37. The summed E-state index contributed by atoms with van der Waals surface area (Å²) in [6, 6.07) is 15.1. The van der Waals surface area contributed by atoms with E-state index in [0.29, 0.717) is 27.8 Å². The minimum absolute atomic E-state index is 0.0967. The van der Waals surface area contributed by atoms with Crippen molar-refractivity contribution in [2.45, 2.75) is 18.0 Å². The van der Waals surface area contributed by atoms with Crippen molar-refractivity contribution in [1.82, 2.24) is 0 Å². The average molecular weight is 419 g/mol. The number of ketones is 1. The molecule has 0 amide bonds. The van der Waals surface area contributed by atoms with Gasteiger partial charge in [-0.15, -0.1) is 0 Å². The maximum Gasteiger partial charge on any atom is 0.416 e. The fraction of sp³-hybridized carbons (Fsp3) is 0.0952. The Morgan fingerprint density at radius 1 is 0.828 bits per heavy atom. The van der Waals surface area contributed by atoms with Crippen molar-refractivity contribution >= 4 is 15.8 Å². The van der Waals surface area contributed by atoms with Crippen LogP contribution in [0.3, 0.4) is 0 Å². The predicted molar refractivity (Wildman–Crippen MR) is 104 cm³/mol. The number of hydrogen-bond acceptors (Lipinski definition) is 3. The van der Waals surface area contributed by atoms with E-state index in [2.05, 4.69) is 0 Å². The first-order valence-electron chi connectivity index (χ1n) is 8.42. The molecule has 3 rings (SSSR count). The van der Waals surface area contributed by atoms with E-state index in [1.807, 2.05) is 0 Å². The topological polar surface area (TPSA) is 77.2 Å². The number of carbonyl (C=O) groups is 1. The number of halogens is 3. The highest BCUT2D eigenvalue weighted by Crippen LogP contribution is 2.38. The van der Waals surface area contributed by atoms with Gasteiger partial charge in [0.05, 0.1) is 10.5 Å². The van der Waals surface area contributed by atoms with Gasteiger partial charge in [0.25, 0.3) is 0 Å². The van der Waals surface area contributed by atoms with Crippen molar-refractivity contribution in [1.29, 1.82) is 0 Å². The van der Waals surface area contributed by atoms with E-state index >= 15 is 0 Å². The third-order valence-electron chi connectivity index (χ3n) is 4.44. The number of Topliss-reactive ketones (excluding diaryl/α,β-unsaturated/α-hetero) is 1. The van der Waals surface area contributed by atoms with Crippen LogP contribution in [0.25, 0.3) is 22.3 Å². The number of sulfonamides is 1. The molecule has 0 radical (unpaired) electrons. The fourth-order valence-electron chi connectivity index (χ4n) is 2.92. The third kappa shape index (κ3) is 4.55. The normalized spacial score (nSPS) is 12.0. The van der Waals surface area contributed by atoms with Gasteiger partial charge in [0.15, 0.2) is 5.78 Å². The molecule has 0 saturated heterocycles. The Bertz CT molecular complexity index is 1170.